The van der Waals surface area contributed by atoms with E-state index in [2.05, 4.69) is 5.32 Å². The van der Waals surface area contributed by atoms with Gasteiger partial charge >= 0.3 is 0 Å². The predicted octanol–water partition coefficient (Wildman–Crippen LogP) is 4.24. The average Bonchev–Trinajstić information content (AvgIpc) is 2.86. The maximum atomic E-state index is 12.8. The van der Waals surface area contributed by atoms with Crippen molar-refractivity contribution in [2.45, 2.75) is 22.3 Å². The molecule has 0 radical (unpaired) electrons. The summed E-state index contributed by atoms with van der Waals surface area (Å²) in [6.07, 6.45) is 0.719. The van der Waals surface area contributed by atoms with Gasteiger partial charge in [0.15, 0.2) is 0 Å². The summed E-state index contributed by atoms with van der Waals surface area (Å²) in [4.78, 5) is 26.3. The second kappa shape index (κ2) is 12.5. The van der Waals surface area contributed by atoms with Gasteiger partial charge in [-0.2, -0.15) is 0 Å². The molecule has 0 aliphatic rings. The Balaban J connectivity index is 1.81. The SMILES string of the molecule is CN(C)CC[C@H](CSc1ccccc1)Nc1ccc(S(=O)(=O)NC(=O)c2ccccc2)cc1[N+](=O)[O-]. The van der Waals surface area contributed by atoms with E-state index in [0.29, 0.717) is 5.75 Å². The number of nitrogens with one attached hydrogen (secondary N) is 2. The lowest BCUT2D eigenvalue weighted by atomic mass is 10.2. The van der Waals surface area contributed by atoms with Crippen LogP contribution in [0, 0.1) is 10.1 Å². The summed E-state index contributed by atoms with van der Waals surface area (Å²) in [6, 6.07) is 21.2. The molecule has 0 saturated carbocycles. The van der Waals surface area contributed by atoms with Crippen LogP contribution in [0.15, 0.2) is 88.7 Å². The number of hydrogen-bond acceptors (Lipinski definition) is 8. The van der Waals surface area contributed by atoms with Gasteiger partial charge in [-0.3, -0.25) is 14.9 Å². The van der Waals surface area contributed by atoms with E-state index in [0.717, 1.165) is 23.9 Å². The van der Waals surface area contributed by atoms with Crippen LogP contribution in [0.3, 0.4) is 0 Å². The van der Waals surface area contributed by atoms with E-state index in [4.69, 9.17) is 0 Å². The van der Waals surface area contributed by atoms with Crippen molar-refractivity contribution in [2.24, 2.45) is 0 Å². The molecule has 3 aromatic rings. The molecule has 0 aliphatic heterocycles. The first-order chi connectivity index (χ1) is 17.2. The fraction of sp³-hybridized carbons (Fsp3) is 0.240. The summed E-state index contributed by atoms with van der Waals surface area (Å²) in [5.41, 5.74) is -0.0103. The molecule has 11 heteroatoms. The number of carbonyl (C=O) groups is 1. The van der Waals surface area contributed by atoms with Gasteiger partial charge in [-0.1, -0.05) is 36.4 Å². The fourth-order valence-corrected chi connectivity index (χ4v) is 5.31. The molecular formula is C25H28N4O5S2. The highest BCUT2D eigenvalue weighted by molar-refractivity contribution is 7.99. The van der Waals surface area contributed by atoms with Crippen LogP contribution in [-0.4, -0.2) is 56.6 Å². The van der Waals surface area contributed by atoms with Gasteiger partial charge in [0.05, 0.1) is 9.82 Å². The van der Waals surface area contributed by atoms with Crippen molar-refractivity contribution >= 4 is 39.1 Å². The summed E-state index contributed by atoms with van der Waals surface area (Å²) in [5, 5.41) is 15.1. The summed E-state index contributed by atoms with van der Waals surface area (Å²) in [7, 11) is -0.416. The Morgan fingerprint density at radius 2 is 1.67 bits per heavy atom. The third-order valence-corrected chi connectivity index (χ3v) is 7.72. The molecule has 2 N–H and O–H groups in total. The third-order valence-electron chi connectivity index (χ3n) is 5.22. The number of rotatable bonds is 12. The van der Waals surface area contributed by atoms with E-state index < -0.39 is 20.9 Å². The molecule has 3 aromatic carbocycles. The van der Waals surface area contributed by atoms with Crippen LogP contribution >= 0.6 is 11.8 Å². The maximum Gasteiger partial charge on any atom is 0.293 e. The second-order valence-electron chi connectivity index (χ2n) is 8.29. The Kier molecular flexibility index (Phi) is 9.45. The highest BCUT2D eigenvalue weighted by Crippen LogP contribution is 2.30. The molecule has 0 aliphatic carbocycles. The molecule has 1 atom stereocenters. The number of nitro groups is 1. The van der Waals surface area contributed by atoms with Crippen LogP contribution in [0.4, 0.5) is 11.4 Å². The molecule has 0 unspecified atom stereocenters. The van der Waals surface area contributed by atoms with Crippen LogP contribution in [0.2, 0.25) is 0 Å². The average molecular weight is 529 g/mol. The zero-order chi connectivity index (χ0) is 26.1. The van der Waals surface area contributed by atoms with E-state index in [1.165, 1.54) is 24.3 Å². The van der Waals surface area contributed by atoms with Crippen LogP contribution in [0.25, 0.3) is 0 Å². The number of nitro benzene ring substituents is 1. The molecule has 1 amide bonds. The molecule has 0 heterocycles. The van der Waals surface area contributed by atoms with Gasteiger partial charge in [-0.25, -0.2) is 13.1 Å². The van der Waals surface area contributed by atoms with Gasteiger partial charge in [0, 0.05) is 28.3 Å². The first kappa shape index (κ1) is 27.2. The van der Waals surface area contributed by atoms with Crippen LogP contribution < -0.4 is 10.0 Å². The Labute approximate surface area is 215 Å². The quantitative estimate of drug-likeness (QED) is 0.203. The van der Waals surface area contributed by atoms with E-state index in [-0.39, 0.29) is 27.9 Å². The lowest BCUT2D eigenvalue weighted by molar-refractivity contribution is -0.384. The Bertz CT molecular complexity index is 1290. The summed E-state index contributed by atoms with van der Waals surface area (Å²) in [5.74, 6) is -0.163. The summed E-state index contributed by atoms with van der Waals surface area (Å²) in [6.45, 7) is 0.763. The number of amides is 1. The molecule has 36 heavy (non-hydrogen) atoms. The van der Waals surface area contributed by atoms with Gasteiger partial charge in [0.1, 0.15) is 5.69 Å². The Hall–Kier alpha value is -3.41. The fourth-order valence-electron chi connectivity index (χ4n) is 3.33. The van der Waals surface area contributed by atoms with E-state index in [9.17, 15) is 23.3 Å². The van der Waals surface area contributed by atoms with Crippen LogP contribution in [0.5, 0.6) is 0 Å². The molecule has 0 bridgehead atoms. The van der Waals surface area contributed by atoms with Crippen molar-refractivity contribution in [3.8, 4) is 0 Å². The minimum atomic E-state index is -4.32. The summed E-state index contributed by atoms with van der Waals surface area (Å²) < 4.78 is 27.5. The predicted molar refractivity (Wildman–Crippen MR) is 142 cm³/mol. The minimum Gasteiger partial charge on any atom is -0.376 e. The zero-order valence-corrected chi connectivity index (χ0v) is 21.6. The molecule has 0 saturated heterocycles. The van der Waals surface area contributed by atoms with Crippen LogP contribution in [-0.2, 0) is 10.0 Å². The Morgan fingerprint density at radius 3 is 2.28 bits per heavy atom. The van der Waals surface area contributed by atoms with Crippen LogP contribution in [0.1, 0.15) is 16.8 Å². The van der Waals surface area contributed by atoms with Crippen molar-refractivity contribution < 1.29 is 18.1 Å². The first-order valence-corrected chi connectivity index (χ1v) is 13.6. The van der Waals surface area contributed by atoms with E-state index >= 15 is 0 Å². The monoisotopic (exact) mass is 528 g/mol. The first-order valence-electron chi connectivity index (χ1n) is 11.2. The second-order valence-corrected chi connectivity index (χ2v) is 11.1. The normalized spacial score (nSPS) is 12.2. The summed E-state index contributed by atoms with van der Waals surface area (Å²) >= 11 is 1.63. The number of nitrogens with zero attached hydrogens (tertiary/aromatic N) is 2. The largest absolute Gasteiger partial charge is 0.376 e. The lowest BCUT2D eigenvalue weighted by Gasteiger charge is -2.22. The number of thioether (sulfide) groups is 1. The number of benzene rings is 3. The molecule has 0 fully saturated rings. The number of sulfonamides is 1. The molecular weight excluding hydrogens is 500 g/mol. The van der Waals surface area contributed by atoms with E-state index in [1.54, 1.807) is 30.0 Å². The van der Waals surface area contributed by atoms with Crippen molar-refractivity contribution in [1.82, 2.24) is 9.62 Å². The van der Waals surface area contributed by atoms with Gasteiger partial charge < -0.3 is 10.2 Å². The minimum absolute atomic E-state index is 0.114. The zero-order valence-electron chi connectivity index (χ0n) is 20.0. The third kappa shape index (κ3) is 7.80. The molecule has 9 nitrogen and oxygen atoms in total. The van der Waals surface area contributed by atoms with Gasteiger partial charge in [-0.05, 0) is 63.5 Å². The number of carbonyl (C=O) groups excluding carboxylic acids is 1. The van der Waals surface area contributed by atoms with Gasteiger partial charge in [0.25, 0.3) is 21.6 Å². The smallest absolute Gasteiger partial charge is 0.293 e. The van der Waals surface area contributed by atoms with Crippen molar-refractivity contribution in [1.29, 1.82) is 0 Å². The standard InChI is InChI=1S/C25H28N4O5S2/c1-28(2)16-15-20(18-35-21-11-7-4-8-12-21)26-23-14-13-22(17-24(23)29(31)32)36(33,34)27-25(30)19-9-5-3-6-10-19/h3-14,17,20,26H,15-16,18H2,1-2H3,(H,27,30)/t20-/m1/s1. The highest BCUT2D eigenvalue weighted by Gasteiger charge is 2.25. The lowest BCUT2D eigenvalue weighted by Crippen LogP contribution is -2.31. The molecule has 190 valence electrons. The number of anilines is 1. The van der Waals surface area contributed by atoms with Crippen molar-refractivity contribution in [3.63, 3.8) is 0 Å². The van der Waals surface area contributed by atoms with Crippen molar-refractivity contribution in [3.05, 3.63) is 94.5 Å². The molecule has 0 aromatic heterocycles. The number of hydrogen-bond donors (Lipinski definition) is 2. The highest BCUT2D eigenvalue weighted by atomic mass is 32.2. The topological polar surface area (TPSA) is 122 Å². The van der Waals surface area contributed by atoms with E-state index in [1.807, 2.05) is 54.0 Å². The maximum absolute atomic E-state index is 12.8. The van der Waals surface area contributed by atoms with Gasteiger partial charge in [0.2, 0.25) is 0 Å². The van der Waals surface area contributed by atoms with Gasteiger partial charge in [-0.15, -0.1) is 11.8 Å². The van der Waals surface area contributed by atoms with Crippen molar-refractivity contribution in [2.75, 3.05) is 31.7 Å². The molecule has 3 rings (SSSR count). The molecule has 0 spiro atoms. The Morgan fingerprint density at radius 1 is 1.03 bits per heavy atom.